The second-order valence-electron chi connectivity index (χ2n) is 4.15. The summed E-state index contributed by atoms with van der Waals surface area (Å²) in [7, 11) is 0. The summed E-state index contributed by atoms with van der Waals surface area (Å²) < 4.78 is 13.1. The van der Waals surface area contributed by atoms with Crippen LogP contribution in [0.1, 0.15) is 26.2 Å². The van der Waals surface area contributed by atoms with Crippen molar-refractivity contribution in [3.05, 3.63) is 34.1 Å². The van der Waals surface area contributed by atoms with Crippen molar-refractivity contribution in [2.45, 2.75) is 32.2 Å². The fourth-order valence-electron chi connectivity index (χ4n) is 1.79. The van der Waals surface area contributed by atoms with E-state index >= 15 is 0 Å². The third-order valence-electron chi connectivity index (χ3n) is 2.57. The van der Waals surface area contributed by atoms with Gasteiger partial charge in [-0.25, -0.2) is 4.39 Å². The van der Waals surface area contributed by atoms with Crippen molar-refractivity contribution < 1.29 is 19.2 Å². The first kappa shape index (κ1) is 14.9. The molecule has 6 nitrogen and oxygen atoms in total. The molecule has 104 valence electrons. The van der Waals surface area contributed by atoms with E-state index in [1.165, 1.54) is 0 Å². The highest BCUT2D eigenvalue weighted by Crippen LogP contribution is 2.26. The van der Waals surface area contributed by atoms with Gasteiger partial charge in [0.25, 0.3) is 5.69 Å². The number of halogens is 1. The molecule has 0 aliphatic rings. The SMILES string of the molecule is CCCC(CC(=O)O)Nc1cc(F)ccc1[N+](=O)[O-]. The molecule has 1 rings (SSSR count). The molecule has 0 saturated heterocycles. The van der Waals surface area contributed by atoms with Crippen LogP contribution in [0.25, 0.3) is 0 Å². The number of aliphatic carboxylic acids is 1. The number of carboxylic acid groups (broad SMARTS) is 1. The van der Waals surface area contributed by atoms with Gasteiger partial charge in [-0.2, -0.15) is 0 Å². The van der Waals surface area contributed by atoms with Gasteiger partial charge in [-0.05, 0) is 12.5 Å². The summed E-state index contributed by atoms with van der Waals surface area (Å²) in [6.45, 7) is 1.87. The van der Waals surface area contributed by atoms with Crippen LogP contribution in [0.2, 0.25) is 0 Å². The van der Waals surface area contributed by atoms with Crippen LogP contribution in [0.4, 0.5) is 15.8 Å². The molecule has 0 fully saturated rings. The summed E-state index contributed by atoms with van der Waals surface area (Å²) in [4.78, 5) is 20.9. The van der Waals surface area contributed by atoms with E-state index in [1.807, 2.05) is 6.92 Å². The van der Waals surface area contributed by atoms with Crippen molar-refractivity contribution >= 4 is 17.3 Å². The lowest BCUT2D eigenvalue weighted by Gasteiger charge is -2.17. The maximum absolute atomic E-state index is 13.1. The van der Waals surface area contributed by atoms with Gasteiger partial charge in [-0.1, -0.05) is 13.3 Å². The Morgan fingerprint density at radius 3 is 2.79 bits per heavy atom. The molecule has 0 aromatic heterocycles. The standard InChI is InChI=1S/C12H15FN2O4/c1-2-3-9(7-12(16)17)14-10-6-8(13)4-5-11(10)15(18)19/h4-6,9,14H,2-3,7H2,1H3,(H,16,17). The summed E-state index contributed by atoms with van der Waals surface area (Å²) in [5, 5.41) is 22.3. The molecule has 1 unspecified atom stereocenters. The predicted octanol–water partition coefficient (Wildman–Crippen LogP) is 2.79. The number of nitro groups is 1. The van der Waals surface area contributed by atoms with Crippen molar-refractivity contribution in [1.82, 2.24) is 0 Å². The van der Waals surface area contributed by atoms with E-state index in [1.54, 1.807) is 0 Å². The van der Waals surface area contributed by atoms with Crippen LogP contribution in [-0.2, 0) is 4.79 Å². The number of nitrogens with zero attached hydrogens (tertiary/aromatic N) is 1. The highest BCUT2D eigenvalue weighted by Gasteiger charge is 2.19. The number of nitro benzene ring substituents is 1. The molecule has 19 heavy (non-hydrogen) atoms. The van der Waals surface area contributed by atoms with Gasteiger partial charge >= 0.3 is 5.97 Å². The van der Waals surface area contributed by atoms with Crippen LogP contribution in [0.5, 0.6) is 0 Å². The Morgan fingerprint density at radius 2 is 2.26 bits per heavy atom. The third kappa shape index (κ3) is 4.53. The maximum Gasteiger partial charge on any atom is 0.305 e. The van der Waals surface area contributed by atoms with Gasteiger partial charge < -0.3 is 10.4 Å². The molecule has 2 N–H and O–H groups in total. The zero-order valence-electron chi connectivity index (χ0n) is 10.4. The van der Waals surface area contributed by atoms with Crippen LogP contribution < -0.4 is 5.32 Å². The normalized spacial score (nSPS) is 11.9. The van der Waals surface area contributed by atoms with Gasteiger partial charge in [0.15, 0.2) is 0 Å². The molecule has 0 spiro atoms. The van der Waals surface area contributed by atoms with E-state index in [-0.39, 0.29) is 17.8 Å². The lowest BCUT2D eigenvalue weighted by atomic mass is 10.1. The Balaban J connectivity index is 2.96. The lowest BCUT2D eigenvalue weighted by Crippen LogP contribution is -2.23. The summed E-state index contributed by atoms with van der Waals surface area (Å²) in [5.41, 5.74) is -0.266. The second-order valence-corrected chi connectivity index (χ2v) is 4.15. The Bertz CT molecular complexity index is 479. The molecule has 1 atom stereocenters. The minimum atomic E-state index is -1.01. The van der Waals surface area contributed by atoms with Crippen molar-refractivity contribution in [3.63, 3.8) is 0 Å². The molecule has 0 aliphatic carbocycles. The zero-order chi connectivity index (χ0) is 14.4. The number of anilines is 1. The minimum Gasteiger partial charge on any atom is -0.481 e. The van der Waals surface area contributed by atoms with Crippen LogP contribution in [0.3, 0.4) is 0 Å². The number of benzene rings is 1. The number of nitrogens with one attached hydrogen (secondary N) is 1. The van der Waals surface area contributed by atoms with Gasteiger partial charge in [-0.15, -0.1) is 0 Å². The summed E-state index contributed by atoms with van der Waals surface area (Å²) in [6.07, 6.45) is 1.07. The Morgan fingerprint density at radius 1 is 1.58 bits per heavy atom. The number of carboxylic acids is 1. The first-order valence-electron chi connectivity index (χ1n) is 5.86. The number of rotatable bonds is 7. The van der Waals surface area contributed by atoms with Gasteiger partial charge in [0.2, 0.25) is 0 Å². The van der Waals surface area contributed by atoms with Crippen molar-refractivity contribution in [2.24, 2.45) is 0 Å². The Hall–Kier alpha value is -2.18. The Labute approximate surface area is 109 Å². The van der Waals surface area contributed by atoms with Gasteiger partial charge in [0.05, 0.1) is 11.3 Å². The smallest absolute Gasteiger partial charge is 0.305 e. The fraction of sp³-hybridized carbons (Fsp3) is 0.417. The monoisotopic (exact) mass is 270 g/mol. The molecule has 1 aromatic rings. The molecule has 0 saturated carbocycles. The van der Waals surface area contributed by atoms with Gasteiger partial charge in [0, 0.05) is 18.2 Å². The summed E-state index contributed by atoms with van der Waals surface area (Å²) in [6, 6.07) is 2.59. The van der Waals surface area contributed by atoms with E-state index in [9.17, 15) is 19.3 Å². The summed E-state index contributed by atoms with van der Waals surface area (Å²) >= 11 is 0. The van der Waals surface area contributed by atoms with Crippen molar-refractivity contribution in [2.75, 3.05) is 5.32 Å². The van der Waals surface area contributed by atoms with E-state index in [2.05, 4.69) is 5.32 Å². The van der Waals surface area contributed by atoms with Crippen LogP contribution in [-0.4, -0.2) is 22.0 Å². The topological polar surface area (TPSA) is 92.5 Å². The van der Waals surface area contributed by atoms with Crippen molar-refractivity contribution in [1.29, 1.82) is 0 Å². The van der Waals surface area contributed by atoms with Crippen molar-refractivity contribution in [3.8, 4) is 0 Å². The van der Waals surface area contributed by atoms with E-state index in [0.29, 0.717) is 12.8 Å². The maximum atomic E-state index is 13.1. The number of hydrogen-bond acceptors (Lipinski definition) is 4. The molecule has 0 radical (unpaired) electrons. The van der Waals surface area contributed by atoms with E-state index in [0.717, 1.165) is 18.2 Å². The fourth-order valence-corrected chi connectivity index (χ4v) is 1.79. The quantitative estimate of drug-likeness (QED) is 0.587. The van der Waals surface area contributed by atoms with Crippen LogP contribution in [0, 0.1) is 15.9 Å². The molecular formula is C12H15FN2O4. The molecule has 0 heterocycles. The molecule has 0 aliphatic heterocycles. The largest absolute Gasteiger partial charge is 0.481 e. The highest BCUT2D eigenvalue weighted by molar-refractivity contribution is 5.69. The van der Waals surface area contributed by atoms with Gasteiger partial charge in [0.1, 0.15) is 11.5 Å². The zero-order valence-corrected chi connectivity index (χ0v) is 10.4. The second kappa shape index (κ2) is 6.67. The van der Waals surface area contributed by atoms with Gasteiger partial charge in [-0.3, -0.25) is 14.9 Å². The molecule has 1 aromatic carbocycles. The van der Waals surface area contributed by atoms with Crippen LogP contribution >= 0.6 is 0 Å². The highest BCUT2D eigenvalue weighted by atomic mass is 19.1. The van der Waals surface area contributed by atoms with E-state index in [4.69, 9.17) is 5.11 Å². The van der Waals surface area contributed by atoms with E-state index < -0.39 is 22.8 Å². The third-order valence-corrected chi connectivity index (χ3v) is 2.57. The predicted molar refractivity (Wildman–Crippen MR) is 67.6 cm³/mol. The molecular weight excluding hydrogens is 255 g/mol. The molecule has 0 amide bonds. The lowest BCUT2D eigenvalue weighted by molar-refractivity contribution is -0.384. The first-order chi connectivity index (χ1) is 8.93. The number of hydrogen-bond donors (Lipinski definition) is 2. The first-order valence-corrected chi connectivity index (χ1v) is 5.86. The molecule has 7 heteroatoms. The number of carbonyl (C=O) groups is 1. The average Bonchev–Trinajstić information content (AvgIpc) is 2.27. The Kier molecular flexibility index (Phi) is 5.23. The minimum absolute atomic E-state index is 0.00435. The average molecular weight is 270 g/mol. The van der Waals surface area contributed by atoms with Crippen LogP contribution in [0.15, 0.2) is 18.2 Å². The summed E-state index contributed by atoms with van der Waals surface area (Å²) in [5.74, 6) is -1.62. The molecule has 0 bridgehead atoms.